The van der Waals surface area contributed by atoms with Crippen molar-refractivity contribution in [2.75, 3.05) is 0 Å². The van der Waals surface area contributed by atoms with Gasteiger partial charge >= 0.3 is 0 Å². The summed E-state index contributed by atoms with van der Waals surface area (Å²) in [5.74, 6) is 0.513. The Morgan fingerprint density at radius 3 is 1.91 bits per heavy atom. The number of nitriles is 1. The molecule has 7 rings (SSSR count). The molecule has 0 aliphatic heterocycles. The van der Waals surface area contributed by atoms with Gasteiger partial charge in [0.25, 0.3) is 0 Å². The minimum absolute atomic E-state index is 0.513. The molecule has 0 spiro atoms. The number of hydrogen-bond acceptors (Lipinski definition) is 8. The summed E-state index contributed by atoms with van der Waals surface area (Å²) in [6, 6.07) is 21.8. The molecule has 0 atom stereocenters. The standard InChI is InChI=1S/C16H13N7.C16H12N4/c1-11-3-2-4-13(18-11)7-5-12-6-8-15-17-9-14(23(15)10-12)16-19-21-22-20-16;1-12-3-2-4-14(19-12)7-5-13-6-8-16-18-10-15(9-17)20(16)11-13/h2-10H,1H3,(H,19,20,21,22);2-8,10-11H,1H3/b2*7-5-. The number of aryl methyl sites for hydroxylation is 2. The van der Waals surface area contributed by atoms with Gasteiger partial charge in [-0.1, -0.05) is 24.3 Å². The lowest BCUT2D eigenvalue weighted by Crippen LogP contribution is -1.91. The van der Waals surface area contributed by atoms with Gasteiger partial charge in [0.1, 0.15) is 28.8 Å². The molecule has 1 N–H and O–H groups in total. The number of aromatic amines is 1. The third-order valence-electron chi connectivity index (χ3n) is 6.46. The lowest BCUT2D eigenvalue weighted by molar-refractivity contribution is 0.881. The molecule has 0 amide bonds. The average Bonchev–Trinajstić information content (AvgIpc) is 3.79. The molecular formula is C32H25N11. The molecule has 0 aliphatic rings. The Labute approximate surface area is 246 Å². The highest BCUT2D eigenvalue weighted by Crippen LogP contribution is 2.18. The predicted octanol–water partition coefficient (Wildman–Crippen LogP) is 5.47. The second-order valence-corrected chi connectivity index (χ2v) is 9.59. The zero-order valence-electron chi connectivity index (χ0n) is 23.4. The number of H-pyrrole nitrogens is 1. The maximum Gasteiger partial charge on any atom is 0.222 e. The topological polar surface area (TPSA) is 139 Å². The lowest BCUT2D eigenvalue weighted by Gasteiger charge is -2.00. The van der Waals surface area contributed by atoms with Crippen LogP contribution >= 0.6 is 0 Å². The third-order valence-corrected chi connectivity index (χ3v) is 6.46. The molecule has 0 aliphatic carbocycles. The number of nitrogens with one attached hydrogen (secondary N) is 1. The third kappa shape index (κ3) is 6.23. The maximum absolute atomic E-state index is 9.01. The molecule has 11 nitrogen and oxygen atoms in total. The number of fused-ring (bicyclic) bond motifs is 2. The van der Waals surface area contributed by atoms with Crippen LogP contribution in [0.25, 0.3) is 47.1 Å². The molecule has 0 bridgehead atoms. The van der Waals surface area contributed by atoms with E-state index in [-0.39, 0.29) is 0 Å². The van der Waals surface area contributed by atoms with Crippen molar-refractivity contribution in [2.45, 2.75) is 13.8 Å². The summed E-state index contributed by atoms with van der Waals surface area (Å²) in [6.45, 7) is 3.94. The van der Waals surface area contributed by atoms with Gasteiger partial charge in [-0.2, -0.15) is 10.5 Å². The fourth-order valence-corrected chi connectivity index (χ4v) is 4.39. The van der Waals surface area contributed by atoms with Gasteiger partial charge in [0.05, 0.1) is 23.8 Å². The van der Waals surface area contributed by atoms with Gasteiger partial charge in [0.2, 0.25) is 5.82 Å². The number of pyridine rings is 4. The molecule has 7 heterocycles. The van der Waals surface area contributed by atoms with Crippen molar-refractivity contribution < 1.29 is 0 Å². The first-order valence-corrected chi connectivity index (χ1v) is 13.4. The monoisotopic (exact) mass is 563 g/mol. The summed E-state index contributed by atoms with van der Waals surface area (Å²) in [5, 5.41) is 23.1. The Balaban J connectivity index is 0.000000155. The zero-order chi connectivity index (χ0) is 29.6. The number of nitrogens with zero attached hydrogens (tertiary/aromatic N) is 10. The predicted molar refractivity (Wildman–Crippen MR) is 164 cm³/mol. The van der Waals surface area contributed by atoms with E-state index < -0.39 is 0 Å². The van der Waals surface area contributed by atoms with E-state index in [2.05, 4.69) is 46.6 Å². The summed E-state index contributed by atoms with van der Waals surface area (Å²) < 4.78 is 3.72. The number of tetrazole rings is 1. The molecule has 43 heavy (non-hydrogen) atoms. The molecule has 7 aromatic heterocycles. The first-order chi connectivity index (χ1) is 21.1. The maximum atomic E-state index is 9.01. The van der Waals surface area contributed by atoms with Crippen LogP contribution in [0.2, 0.25) is 0 Å². The van der Waals surface area contributed by atoms with Gasteiger partial charge in [0.15, 0.2) is 0 Å². The van der Waals surface area contributed by atoms with Gasteiger partial charge in [-0.3, -0.25) is 18.8 Å². The minimum atomic E-state index is 0.513. The van der Waals surface area contributed by atoms with E-state index in [4.69, 9.17) is 5.26 Å². The summed E-state index contributed by atoms with van der Waals surface area (Å²) in [6.07, 6.45) is 15.1. The number of aromatic nitrogens is 10. The van der Waals surface area contributed by atoms with Gasteiger partial charge < -0.3 is 0 Å². The fourth-order valence-electron chi connectivity index (χ4n) is 4.39. The second-order valence-electron chi connectivity index (χ2n) is 9.59. The first-order valence-electron chi connectivity index (χ1n) is 13.4. The highest BCUT2D eigenvalue weighted by Gasteiger charge is 2.09. The Bertz CT molecular complexity index is 2130. The summed E-state index contributed by atoms with van der Waals surface area (Å²) >= 11 is 0. The van der Waals surface area contributed by atoms with Crippen molar-refractivity contribution in [2.24, 2.45) is 0 Å². The van der Waals surface area contributed by atoms with Crippen molar-refractivity contribution in [3.8, 4) is 17.6 Å². The van der Waals surface area contributed by atoms with Crippen LogP contribution in [0.4, 0.5) is 0 Å². The SMILES string of the molecule is Cc1cccc(/C=C\c2ccc3ncc(-c4nn[nH]n4)n3c2)n1.Cc1cccc(/C=C\c2ccc3ncc(C#N)n3c2)n1. The van der Waals surface area contributed by atoms with Gasteiger partial charge in [-0.05, 0) is 90.9 Å². The van der Waals surface area contributed by atoms with Gasteiger partial charge in [-0.25, -0.2) is 9.97 Å². The molecular weight excluding hydrogens is 538 g/mol. The van der Waals surface area contributed by atoms with Crippen molar-refractivity contribution >= 4 is 35.6 Å². The Morgan fingerprint density at radius 1 is 0.721 bits per heavy atom. The van der Waals surface area contributed by atoms with Crippen LogP contribution < -0.4 is 0 Å². The molecule has 7 aromatic rings. The van der Waals surface area contributed by atoms with Gasteiger partial charge in [0, 0.05) is 23.8 Å². The van der Waals surface area contributed by atoms with Gasteiger partial charge in [-0.15, -0.1) is 10.2 Å². The average molecular weight is 564 g/mol. The second kappa shape index (κ2) is 12.1. The highest BCUT2D eigenvalue weighted by molar-refractivity contribution is 5.70. The molecule has 0 saturated carbocycles. The van der Waals surface area contributed by atoms with E-state index in [0.717, 1.165) is 50.9 Å². The van der Waals surface area contributed by atoms with E-state index in [1.54, 1.807) is 16.8 Å². The first kappa shape index (κ1) is 26.9. The summed E-state index contributed by atoms with van der Waals surface area (Å²) in [7, 11) is 0. The quantitative estimate of drug-likeness (QED) is 0.291. The van der Waals surface area contributed by atoms with Crippen LogP contribution in [0.15, 0.2) is 85.5 Å². The van der Waals surface area contributed by atoms with Crippen LogP contribution in [-0.4, -0.2) is 49.4 Å². The Hall–Kier alpha value is -6.28. The number of hydrogen-bond donors (Lipinski definition) is 1. The number of rotatable bonds is 5. The van der Waals surface area contributed by atoms with Crippen LogP contribution in [-0.2, 0) is 0 Å². The van der Waals surface area contributed by atoms with E-state index in [0.29, 0.717) is 11.5 Å². The molecule has 0 aromatic carbocycles. The van der Waals surface area contributed by atoms with Crippen LogP contribution in [0.1, 0.15) is 39.6 Å². The van der Waals surface area contributed by atoms with E-state index in [9.17, 15) is 0 Å². The minimum Gasteiger partial charge on any atom is -0.296 e. The lowest BCUT2D eigenvalue weighted by atomic mass is 10.2. The van der Waals surface area contributed by atoms with Crippen molar-refractivity contribution in [3.05, 3.63) is 125 Å². The zero-order valence-corrected chi connectivity index (χ0v) is 23.4. The van der Waals surface area contributed by atoms with Crippen molar-refractivity contribution in [1.82, 2.24) is 49.4 Å². The van der Waals surface area contributed by atoms with Crippen LogP contribution in [0, 0.1) is 25.2 Å². The van der Waals surface area contributed by atoms with Crippen LogP contribution in [0.5, 0.6) is 0 Å². The molecule has 11 heteroatoms. The van der Waals surface area contributed by atoms with E-state index in [1.165, 1.54) is 0 Å². The fraction of sp³-hybridized carbons (Fsp3) is 0.0625. The molecule has 0 radical (unpaired) electrons. The Morgan fingerprint density at radius 2 is 1.33 bits per heavy atom. The molecule has 0 fully saturated rings. The van der Waals surface area contributed by atoms with E-state index >= 15 is 0 Å². The number of imidazole rings is 2. The summed E-state index contributed by atoms with van der Waals surface area (Å²) in [5.41, 5.74) is 8.77. The molecule has 208 valence electrons. The molecule has 0 unspecified atom stereocenters. The van der Waals surface area contributed by atoms with E-state index in [1.807, 2.05) is 116 Å². The van der Waals surface area contributed by atoms with Crippen molar-refractivity contribution in [1.29, 1.82) is 5.26 Å². The highest BCUT2D eigenvalue weighted by atomic mass is 15.5. The largest absolute Gasteiger partial charge is 0.296 e. The van der Waals surface area contributed by atoms with Crippen LogP contribution in [0.3, 0.4) is 0 Å². The normalized spacial score (nSPS) is 11.3. The van der Waals surface area contributed by atoms with Crippen molar-refractivity contribution in [3.63, 3.8) is 0 Å². The smallest absolute Gasteiger partial charge is 0.222 e. The summed E-state index contributed by atoms with van der Waals surface area (Å²) in [4.78, 5) is 17.4. The Kier molecular flexibility index (Phi) is 7.56. The molecule has 0 saturated heterocycles.